The van der Waals surface area contributed by atoms with E-state index in [1.165, 1.54) is 21.2 Å². The highest BCUT2D eigenvalue weighted by Crippen LogP contribution is 2.35. The van der Waals surface area contributed by atoms with E-state index in [2.05, 4.69) is 10.3 Å². The third-order valence-electron chi connectivity index (χ3n) is 4.66. The van der Waals surface area contributed by atoms with Gasteiger partial charge < -0.3 is 10.4 Å². The van der Waals surface area contributed by atoms with E-state index < -0.39 is 0 Å². The number of aromatic nitrogens is 2. The molecule has 8 heteroatoms. The molecule has 140 valence electrons. The minimum Gasteiger partial charge on any atom is -0.506 e. The number of aromatic hydroxyl groups is 1. The van der Waals surface area contributed by atoms with Gasteiger partial charge in [-0.1, -0.05) is 17.8 Å². The van der Waals surface area contributed by atoms with Gasteiger partial charge in [0.05, 0.1) is 16.8 Å². The first-order chi connectivity index (χ1) is 12.9. The summed E-state index contributed by atoms with van der Waals surface area (Å²) in [7, 11) is 1.69. The van der Waals surface area contributed by atoms with Crippen LogP contribution in [0.2, 0.25) is 0 Å². The maximum atomic E-state index is 12.8. The number of fused-ring (bicyclic) bond motifs is 3. The lowest BCUT2D eigenvalue weighted by Gasteiger charge is -2.09. The summed E-state index contributed by atoms with van der Waals surface area (Å²) < 4.78 is 1.52. The summed E-state index contributed by atoms with van der Waals surface area (Å²) >= 11 is 2.81. The lowest BCUT2D eigenvalue weighted by atomic mass is 10.2. The summed E-state index contributed by atoms with van der Waals surface area (Å²) in [5, 5.41) is 13.8. The number of hydrogen-bond donors (Lipinski definition) is 2. The van der Waals surface area contributed by atoms with Gasteiger partial charge in [0.25, 0.3) is 5.56 Å². The standard InChI is InChI=1S/C19H19N3O3S2/c1-10-6-7-13(23)12(8-10)20-15(24)9-26-19-21-17-16(18(25)22(19)2)11-4-3-5-14(11)27-17/h6-8,23H,3-5,9H2,1-2H3,(H,20,24). The van der Waals surface area contributed by atoms with Crippen LogP contribution in [-0.2, 0) is 24.7 Å². The number of rotatable bonds is 4. The Labute approximate surface area is 164 Å². The molecule has 0 fully saturated rings. The van der Waals surface area contributed by atoms with Crippen LogP contribution in [0.4, 0.5) is 5.69 Å². The van der Waals surface area contributed by atoms with Crippen LogP contribution in [0, 0.1) is 6.92 Å². The summed E-state index contributed by atoms with van der Waals surface area (Å²) in [5.41, 5.74) is 2.44. The second kappa shape index (κ2) is 7.01. The average Bonchev–Trinajstić information content (AvgIpc) is 3.20. The Hall–Kier alpha value is -2.32. The normalized spacial score (nSPS) is 13.1. The maximum absolute atomic E-state index is 12.8. The fourth-order valence-electron chi connectivity index (χ4n) is 3.30. The SMILES string of the molecule is Cc1ccc(O)c(NC(=O)CSc2nc3sc4c(c3c(=O)n2C)CCC4)c1. The first-order valence-corrected chi connectivity index (χ1v) is 10.5. The number of amides is 1. The smallest absolute Gasteiger partial charge is 0.262 e. The van der Waals surface area contributed by atoms with Crippen molar-refractivity contribution >= 4 is 44.9 Å². The van der Waals surface area contributed by atoms with Crippen LogP contribution in [0.25, 0.3) is 10.2 Å². The van der Waals surface area contributed by atoms with Gasteiger partial charge >= 0.3 is 0 Å². The molecule has 0 spiro atoms. The van der Waals surface area contributed by atoms with Crippen molar-refractivity contribution in [2.75, 3.05) is 11.1 Å². The monoisotopic (exact) mass is 401 g/mol. The number of nitrogens with one attached hydrogen (secondary N) is 1. The molecule has 2 aromatic heterocycles. The number of hydrogen-bond acceptors (Lipinski definition) is 6. The lowest BCUT2D eigenvalue weighted by molar-refractivity contribution is -0.113. The lowest BCUT2D eigenvalue weighted by Crippen LogP contribution is -2.21. The first-order valence-electron chi connectivity index (χ1n) is 8.67. The van der Waals surface area contributed by atoms with E-state index in [0.29, 0.717) is 10.8 Å². The molecule has 0 saturated heterocycles. The van der Waals surface area contributed by atoms with Crippen molar-refractivity contribution < 1.29 is 9.90 Å². The van der Waals surface area contributed by atoms with Gasteiger partial charge in [0.15, 0.2) is 5.16 Å². The number of carbonyl (C=O) groups excluding carboxylic acids is 1. The fourth-order valence-corrected chi connectivity index (χ4v) is 5.38. The largest absolute Gasteiger partial charge is 0.506 e. The topological polar surface area (TPSA) is 84.2 Å². The zero-order valence-corrected chi connectivity index (χ0v) is 16.7. The summed E-state index contributed by atoms with van der Waals surface area (Å²) in [6, 6.07) is 5.03. The maximum Gasteiger partial charge on any atom is 0.262 e. The van der Waals surface area contributed by atoms with Crippen molar-refractivity contribution in [3.63, 3.8) is 0 Å². The van der Waals surface area contributed by atoms with Gasteiger partial charge in [0, 0.05) is 11.9 Å². The Morgan fingerprint density at radius 1 is 1.41 bits per heavy atom. The molecule has 2 heterocycles. The van der Waals surface area contributed by atoms with Crippen LogP contribution in [0.1, 0.15) is 22.4 Å². The minimum atomic E-state index is -0.260. The average molecular weight is 402 g/mol. The molecule has 0 atom stereocenters. The summed E-state index contributed by atoms with van der Waals surface area (Å²) in [5.74, 6) is -0.132. The number of thiophene rings is 1. The van der Waals surface area contributed by atoms with Crippen LogP contribution < -0.4 is 10.9 Å². The van der Waals surface area contributed by atoms with Gasteiger partial charge in [-0.15, -0.1) is 11.3 Å². The van der Waals surface area contributed by atoms with Crippen LogP contribution in [0.5, 0.6) is 5.75 Å². The second-order valence-electron chi connectivity index (χ2n) is 6.65. The molecule has 1 aliphatic carbocycles. The van der Waals surface area contributed by atoms with Crippen LogP contribution in [-0.4, -0.2) is 26.3 Å². The number of phenolic OH excluding ortho intramolecular Hbond substituents is 1. The van der Waals surface area contributed by atoms with Gasteiger partial charge in [-0.05, 0) is 49.4 Å². The molecule has 0 aliphatic heterocycles. The van der Waals surface area contributed by atoms with Crippen molar-refractivity contribution in [3.8, 4) is 5.75 Å². The van der Waals surface area contributed by atoms with E-state index in [-0.39, 0.29) is 23.0 Å². The highest BCUT2D eigenvalue weighted by Gasteiger charge is 2.22. The van der Waals surface area contributed by atoms with E-state index in [1.54, 1.807) is 36.6 Å². The molecule has 0 bridgehead atoms. The van der Waals surface area contributed by atoms with Crippen LogP contribution in [0.15, 0.2) is 28.2 Å². The first kappa shape index (κ1) is 18.1. The van der Waals surface area contributed by atoms with Crippen LogP contribution >= 0.6 is 23.1 Å². The molecule has 0 unspecified atom stereocenters. The van der Waals surface area contributed by atoms with Crippen molar-refractivity contribution in [2.24, 2.45) is 7.05 Å². The zero-order valence-electron chi connectivity index (χ0n) is 15.0. The third kappa shape index (κ3) is 3.35. The Morgan fingerprint density at radius 3 is 3.04 bits per heavy atom. The Bertz CT molecular complexity index is 1120. The number of nitrogens with zero attached hydrogens (tertiary/aromatic N) is 2. The molecular formula is C19H19N3O3S2. The van der Waals surface area contributed by atoms with E-state index >= 15 is 0 Å². The number of benzene rings is 1. The van der Waals surface area contributed by atoms with Gasteiger partial charge in [-0.2, -0.15) is 0 Å². The Balaban J connectivity index is 1.54. The molecule has 1 aromatic carbocycles. The molecule has 1 amide bonds. The number of anilines is 1. The number of thioether (sulfide) groups is 1. The van der Waals surface area contributed by atoms with Gasteiger partial charge in [-0.3, -0.25) is 14.2 Å². The summed E-state index contributed by atoms with van der Waals surface area (Å²) in [6.45, 7) is 1.89. The quantitative estimate of drug-likeness (QED) is 0.398. The zero-order chi connectivity index (χ0) is 19.1. The molecule has 4 rings (SSSR count). The van der Waals surface area contributed by atoms with E-state index in [4.69, 9.17) is 0 Å². The summed E-state index contributed by atoms with van der Waals surface area (Å²) in [6.07, 6.45) is 3.06. The van der Waals surface area contributed by atoms with Gasteiger partial charge in [-0.25, -0.2) is 4.98 Å². The predicted molar refractivity (Wildman–Crippen MR) is 109 cm³/mol. The molecular weight excluding hydrogens is 382 g/mol. The van der Waals surface area contributed by atoms with Gasteiger partial charge in [0.2, 0.25) is 5.91 Å². The van der Waals surface area contributed by atoms with Crippen molar-refractivity contribution in [2.45, 2.75) is 31.3 Å². The van der Waals surface area contributed by atoms with E-state index in [1.807, 2.05) is 6.92 Å². The van der Waals surface area contributed by atoms with Gasteiger partial charge in [0.1, 0.15) is 10.6 Å². The van der Waals surface area contributed by atoms with E-state index in [9.17, 15) is 14.7 Å². The van der Waals surface area contributed by atoms with Crippen molar-refractivity contribution in [1.82, 2.24) is 9.55 Å². The predicted octanol–water partition coefficient (Wildman–Crippen LogP) is 3.23. The Kier molecular flexibility index (Phi) is 4.69. The highest BCUT2D eigenvalue weighted by molar-refractivity contribution is 7.99. The third-order valence-corrected chi connectivity index (χ3v) is 6.88. The molecule has 1 aliphatic rings. The van der Waals surface area contributed by atoms with Crippen LogP contribution in [0.3, 0.4) is 0 Å². The molecule has 2 N–H and O–H groups in total. The Morgan fingerprint density at radius 2 is 2.22 bits per heavy atom. The van der Waals surface area contributed by atoms with Crippen molar-refractivity contribution in [3.05, 3.63) is 44.6 Å². The number of phenols is 1. The number of aryl methyl sites for hydroxylation is 3. The number of carbonyl (C=O) groups is 1. The fraction of sp³-hybridized carbons (Fsp3) is 0.316. The second-order valence-corrected chi connectivity index (χ2v) is 8.68. The minimum absolute atomic E-state index is 0.0268. The molecule has 6 nitrogen and oxygen atoms in total. The van der Waals surface area contributed by atoms with E-state index in [0.717, 1.165) is 40.6 Å². The highest BCUT2D eigenvalue weighted by atomic mass is 32.2. The van der Waals surface area contributed by atoms with Crippen molar-refractivity contribution in [1.29, 1.82) is 0 Å². The summed E-state index contributed by atoms with van der Waals surface area (Å²) in [4.78, 5) is 31.7. The molecule has 27 heavy (non-hydrogen) atoms. The molecule has 0 saturated carbocycles. The molecule has 0 radical (unpaired) electrons. The molecule has 3 aromatic rings.